The van der Waals surface area contributed by atoms with Crippen molar-refractivity contribution >= 4 is 17.7 Å². The van der Waals surface area contributed by atoms with Crippen LogP contribution in [0, 0.1) is 0 Å². The van der Waals surface area contributed by atoms with E-state index in [-0.39, 0.29) is 5.91 Å². The first-order valence-electron chi connectivity index (χ1n) is 3.19. The van der Waals surface area contributed by atoms with Crippen LogP contribution in [0.4, 0.5) is 0 Å². The fraction of sp³-hybridized carbons (Fsp3) is 0.833. The Morgan fingerprint density at radius 2 is 2.60 bits per heavy atom. The fourth-order valence-corrected chi connectivity index (χ4v) is 1.55. The van der Waals surface area contributed by atoms with Crippen molar-refractivity contribution in [2.24, 2.45) is 0 Å². The van der Waals surface area contributed by atoms with Gasteiger partial charge in [-0.1, -0.05) is 0 Å². The van der Waals surface area contributed by atoms with Gasteiger partial charge in [0.2, 0.25) is 5.91 Å². The van der Waals surface area contributed by atoms with Gasteiger partial charge >= 0.3 is 0 Å². The van der Waals surface area contributed by atoms with E-state index in [0.717, 1.165) is 5.75 Å². The van der Waals surface area contributed by atoms with Crippen molar-refractivity contribution in [2.45, 2.75) is 12.5 Å². The van der Waals surface area contributed by atoms with Crippen LogP contribution in [0.3, 0.4) is 0 Å². The maximum Gasteiger partial charge on any atom is 0.222 e. The first-order chi connectivity index (χ1) is 4.83. The summed E-state index contributed by atoms with van der Waals surface area (Å²) in [6, 6.07) is 0.396. The number of carbonyl (C=O) groups excluding carboxylic acids is 1. The van der Waals surface area contributed by atoms with Crippen LogP contribution in [0.2, 0.25) is 0 Å². The summed E-state index contributed by atoms with van der Waals surface area (Å²) < 4.78 is 4.84. The van der Waals surface area contributed by atoms with E-state index in [9.17, 15) is 4.79 Å². The highest BCUT2D eigenvalue weighted by Crippen LogP contribution is 2.11. The Morgan fingerprint density at radius 1 is 1.90 bits per heavy atom. The molecule has 1 amide bonds. The highest BCUT2D eigenvalue weighted by atomic mass is 32.2. The lowest BCUT2D eigenvalue weighted by molar-refractivity contribution is -0.127. The predicted octanol–water partition coefficient (Wildman–Crippen LogP) is 0.212. The minimum Gasteiger partial charge on any atom is -0.374 e. The van der Waals surface area contributed by atoms with Crippen LogP contribution in [-0.4, -0.2) is 30.8 Å². The number of hydrogen-bond acceptors (Lipinski definition) is 3. The predicted molar refractivity (Wildman–Crippen MR) is 40.9 cm³/mol. The van der Waals surface area contributed by atoms with Crippen LogP contribution >= 0.6 is 11.8 Å². The number of hydrogen-bond donors (Lipinski definition) is 1. The minimum absolute atomic E-state index is 0.169. The van der Waals surface area contributed by atoms with Gasteiger partial charge in [0.05, 0.1) is 5.94 Å². The molecule has 0 aromatic rings. The molecular weight excluding hydrogens is 150 g/mol. The number of amides is 1. The standard InChI is InChI=1S/C6H11NO2S/c1-9-4-10-3-5-2-6(8)7-5/h5H,2-4H2,1H3,(H,7,8). The van der Waals surface area contributed by atoms with Crippen LogP contribution in [0.5, 0.6) is 0 Å². The van der Waals surface area contributed by atoms with Crippen molar-refractivity contribution in [1.29, 1.82) is 0 Å². The van der Waals surface area contributed by atoms with Crippen LogP contribution < -0.4 is 5.32 Å². The first kappa shape index (κ1) is 7.88. The topological polar surface area (TPSA) is 38.3 Å². The largest absolute Gasteiger partial charge is 0.374 e. The zero-order valence-corrected chi connectivity index (χ0v) is 6.74. The minimum atomic E-state index is 0.169. The molecule has 1 N–H and O–H groups in total. The van der Waals surface area contributed by atoms with Crippen LogP contribution in [-0.2, 0) is 9.53 Å². The number of methoxy groups -OCH3 is 1. The summed E-state index contributed by atoms with van der Waals surface area (Å²) in [7, 11) is 1.67. The number of thioether (sulfide) groups is 1. The van der Waals surface area contributed by atoms with Crippen LogP contribution in [0.25, 0.3) is 0 Å². The molecule has 1 aliphatic rings. The molecule has 1 unspecified atom stereocenters. The van der Waals surface area contributed by atoms with Crippen LogP contribution in [0.15, 0.2) is 0 Å². The average Bonchev–Trinajstić information content (AvgIpc) is 1.85. The summed E-state index contributed by atoms with van der Waals surface area (Å²) in [6.07, 6.45) is 0.691. The molecule has 3 nitrogen and oxygen atoms in total. The van der Waals surface area contributed by atoms with Gasteiger partial charge in [-0.3, -0.25) is 4.79 Å². The van der Waals surface area contributed by atoms with E-state index in [2.05, 4.69) is 5.32 Å². The summed E-state index contributed by atoms with van der Waals surface area (Å²) >= 11 is 1.70. The van der Waals surface area contributed by atoms with E-state index in [1.54, 1.807) is 18.9 Å². The molecule has 0 spiro atoms. The zero-order valence-electron chi connectivity index (χ0n) is 5.92. The van der Waals surface area contributed by atoms with Gasteiger partial charge in [0, 0.05) is 25.3 Å². The molecule has 1 aliphatic heterocycles. The molecule has 0 aromatic heterocycles. The van der Waals surface area contributed by atoms with Gasteiger partial charge in [0.25, 0.3) is 0 Å². The van der Waals surface area contributed by atoms with Crippen molar-refractivity contribution in [3.8, 4) is 0 Å². The molecule has 1 atom stereocenters. The van der Waals surface area contributed by atoms with Gasteiger partial charge in [0.15, 0.2) is 0 Å². The number of β-lactam (4-membered cyclic amide) rings is 1. The lowest BCUT2D eigenvalue weighted by Gasteiger charge is -2.26. The van der Waals surface area contributed by atoms with Crippen molar-refractivity contribution in [3.05, 3.63) is 0 Å². The number of nitrogens with one attached hydrogen (secondary N) is 1. The van der Waals surface area contributed by atoms with Gasteiger partial charge in [0.1, 0.15) is 0 Å². The second-order valence-electron chi connectivity index (χ2n) is 2.25. The Kier molecular flexibility index (Phi) is 3.02. The van der Waals surface area contributed by atoms with Crippen molar-refractivity contribution in [1.82, 2.24) is 5.32 Å². The number of carbonyl (C=O) groups is 1. The van der Waals surface area contributed by atoms with E-state index in [4.69, 9.17) is 4.74 Å². The third-order valence-corrected chi connectivity index (χ3v) is 2.36. The lowest BCUT2D eigenvalue weighted by atomic mass is 10.1. The molecule has 4 heteroatoms. The summed E-state index contributed by atoms with van der Waals surface area (Å²) in [6.45, 7) is 0. The molecule has 1 saturated heterocycles. The molecule has 1 heterocycles. The quantitative estimate of drug-likeness (QED) is 0.364. The Labute approximate surface area is 64.5 Å². The van der Waals surface area contributed by atoms with Crippen molar-refractivity contribution < 1.29 is 9.53 Å². The third kappa shape index (κ3) is 2.19. The SMILES string of the molecule is COCSCC1CC(=O)N1. The number of rotatable bonds is 4. The van der Waals surface area contributed by atoms with Gasteiger partial charge in [-0.25, -0.2) is 0 Å². The molecule has 0 aliphatic carbocycles. The Balaban J connectivity index is 1.90. The Morgan fingerprint density at radius 3 is 3.10 bits per heavy atom. The first-order valence-corrected chi connectivity index (χ1v) is 4.34. The highest BCUT2D eigenvalue weighted by molar-refractivity contribution is 7.99. The molecule has 0 saturated carbocycles. The van der Waals surface area contributed by atoms with Gasteiger partial charge < -0.3 is 10.1 Å². The fourth-order valence-electron chi connectivity index (χ4n) is 0.805. The van der Waals surface area contributed by atoms with E-state index in [1.165, 1.54) is 0 Å². The smallest absolute Gasteiger partial charge is 0.222 e. The maximum atomic E-state index is 10.4. The van der Waals surface area contributed by atoms with Gasteiger partial charge in [-0.05, 0) is 0 Å². The average molecular weight is 161 g/mol. The molecule has 10 heavy (non-hydrogen) atoms. The highest BCUT2D eigenvalue weighted by Gasteiger charge is 2.24. The third-order valence-electron chi connectivity index (χ3n) is 1.32. The summed E-state index contributed by atoms with van der Waals surface area (Å²) in [4.78, 5) is 10.4. The zero-order chi connectivity index (χ0) is 7.40. The van der Waals surface area contributed by atoms with E-state index in [0.29, 0.717) is 18.4 Å². The normalized spacial score (nSPS) is 23.7. The van der Waals surface area contributed by atoms with E-state index >= 15 is 0 Å². The molecule has 0 bridgehead atoms. The molecule has 0 radical (unpaired) electrons. The lowest BCUT2D eigenvalue weighted by Crippen LogP contribution is -2.49. The van der Waals surface area contributed by atoms with Crippen LogP contribution in [0.1, 0.15) is 6.42 Å². The van der Waals surface area contributed by atoms with Gasteiger partial charge in [-0.2, -0.15) is 0 Å². The molecule has 1 fully saturated rings. The second kappa shape index (κ2) is 3.83. The monoisotopic (exact) mass is 161 g/mol. The summed E-state index contributed by atoms with van der Waals surface area (Å²) in [5.74, 6) is 1.86. The van der Waals surface area contributed by atoms with E-state index < -0.39 is 0 Å². The maximum absolute atomic E-state index is 10.4. The molecule has 1 rings (SSSR count). The van der Waals surface area contributed by atoms with Crippen molar-refractivity contribution in [2.75, 3.05) is 18.8 Å². The Hall–Kier alpha value is -0.220. The Bertz CT molecular complexity index is 121. The van der Waals surface area contributed by atoms with Gasteiger partial charge in [-0.15, -0.1) is 11.8 Å². The second-order valence-corrected chi connectivity index (χ2v) is 3.22. The summed E-state index contributed by atoms with van der Waals surface area (Å²) in [5, 5.41) is 2.79. The van der Waals surface area contributed by atoms with E-state index in [1.807, 2.05) is 0 Å². The summed E-state index contributed by atoms with van der Waals surface area (Å²) in [5.41, 5.74) is 0. The molecule has 0 aromatic carbocycles. The van der Waals surface area contributed by atoms with Crippen molar-refractivity contribution in [3.63, 3.8) is 0 Å². The number of ether oxygens (including phenoxy) is 1. The molecular formula is C6H11NO2S. The molecule has 58 valence electrons.